The van der Waals surface area contributed by atoms with Crippen LogP contribution in [0, 0.1) is 0 Å². The van der Waals surface area contributed by atoms with Crippen LogP contribution in [0.1, 0.15) is 35.9 Å². The molecule has 124 valence electrons. The number of rotatable bonds is 5. The van der Waals surface area contributed by atoms with Gasteiger partial charge in [0.15, 0.2) is 6.61 Å². The Labute approximate surface area is 138 Å². The van der Waals surface area contributed by atoms with E-state index in [2.05, 4.69) is 15.5 Å². The first-order chi connectivity index (χ1) is 11.5. The number of carbonyl (C=O) groups excluding carboxylic acids is 2. The molecule has 7 heteroatoms. The fraction of sp³-hybridized carbons (Fsp3) is 0.235. The van der Waals surface area contributed by atoms with Crippen molar-refractivity contribution in [2.24, 2.45) is 0 Å². The van der Waals surface area contributed by atoms with E-state index in [0.717, 1.165) is 16.6 Å². The highest BCUT2D eigenvalue weighted by molar-refractivity contribution is 5.97. The first kappa shape index (κ1) is 15.8. The number of para-hydroxylation sites is 1. The van der Waals surface area contributed by atoms with Gasteiger partial charge in [-0.15, -0.1) is 0 Å². The van der Waals surface area contributed by atoms with Gasteiger partial charge in [0.2, 0.25) is 5.88 Å². The summed E-state index contributed by atoms with van der Waals surface area (Å²) in [4.78, 5) is 26.8. The molecule has 0 aliphatic carbocycles. The molecular formula is C17H17N3O4. The van der Waals surface area contributed by atoms with Crippen molar-refractivity contribution in [1.82, 2.24) is 10.1 Å². The predicted molar refractivity (Wildman–Crippen MR) is 87.8 cm³/mol. The van der Waals surface area contributed by atoms with Crippen molar-refractivity contribution in [1.29, 1.82) is 0 Å². The molecule has 0 saturated carbocycles. The van der Waals surface area contributed by atoms with Gasteiger partial charge in [-0.1, -0.05) is 37.2 Å². The van der Waals surface area contributed by atoms with Crippen LogP contribution in [-0.4, -0.2) is 28.6 Å². The number of fused-ring (bicyclic) bond motifs is 1. The minimum atomic E-state index is -0.596. The zero-order valence-electron chi connectivity index (χ0n) is 13.3. The van der Waals surface area contributed by atoms with Gasteiger partial charge in [0.1, 0.15) is 5.69 Å². The Bertz CT molecular complexity index is 846. The van der Waals surface area contributed by atoms with Gasteiger partial charge in [-0.3, -0.25) is 10.1 Å². The number of hydrogen-bond acceptors (Lipinski definition) is 5. The number of aromatic amines is 1. The number of benzene rings is 1. The van der Waals surface area contributed by atoms with Gasteiger partial charge in [0, 0.05) is 17.0 Å². The van der Waals surface area contributed by atoms with Gasteiger partial charge in [-0.2, -0.15) is 0 Å². The second-order valence-corrected chi connectivity index (χ2v) is 5.67. The summed E-state index contributed by atoms with van der Waals surface area (Å²) in [6.45, 7) is 3.52. The SMILES string of the molecule is CC(C)c1cc(NC(=O)COC(=O)c2cc3ccccc3[nH]2)on1. The molecule has 2 aromatic heterocycles. The summed E-state index contributed by atoms with van der Waals surface area (Å²) in [6.07, 6.45) is 0. The summed E-state index contributed by atoms with van der Waals surface area (Å²) in [7, 11) is 0. The van der Waals surface area contributed by atoms with Crippen molar-refractivity contribution in [3.05, 3.63) is 47.8 Å². The van der Waals surface area contributed by atoms with E-state index in [4.69, 9.17) is 9.26 Å². The summed E-state index contributed by atoms with van der Waals surface area (Å²) >= 11 is 0. The third-order valence-electron chi connectivity index (χ3n) is 3.47. The van der Waals surface area contributed by atoms with E-state index in [9.17, 15) is 9.59 Å². The Morgan fingerprint density at radius 2 is 2.08 bits per heavy atom. The van der Waals surface area contributed by atoms with E-state index in [-0.39, 0.29) is 11.8 Å². The summed E-state index contributed by atoms with van der Waals surface area (Å²) < 4.78 is 10.0. The van der Waals surface area contributed by atoms with Crippen LogP contribution in [0.4, 0.5) is 5.88 Å². The summed E-state index contributed by atoms with van der Waals surface area (Å²) in [6, 6.07) is 10.8. The lowest BCUT2D eigenvalue weighted by Crippen LogP contribution is -2.20. The van der Waals surface area contributed by atoms with Crippen molar-refractivity contribution in [2.75, 3.05) is 11.9 Å². The van der Waals surface area contributed by atoms with Crippen LogP contribution >= 0.6 is 0 Å². The third kappa shape index (κ3) is 3.45. The first-order valence-corrected chi connectivity index (χ1v) is 7.54. The Hall–Kier alpha value is -3.09. The van der Waals surface area contributed by atoms with Gasteiger partial charge in [0.05, 0.1) is 5.69 Å². The van der Waals surface area contributed by atoms with E-state index < -0.39 is 18.5 Å². The maximum Gasteiger partial charge on any atom is 0.355 e. The number of aromatic nitrogens is 2. The number of anilines is 1. The fourth-order valence-corrected chi connectivity index (χ4v) is 2.19. The lowest BCUT2D eigenvalue weighted by atomic mass is 10.1. The average molecular weight is 327 g/mol. The van der Waals surface area contributed by atoms with Crippen molar-refractivity contribution in [3.8, 4) is 0 Å². The monoisotopic (exact) mass is 327 g/mol. The number of amides is 1. The molecule has 0 atom stereocenters. The second kappa shape index (κ2) is 6.57. The Balaban J connectivity index is 1.56. The zero-order valence-corrected chi connectivity index (χ0v) is 13.3. The fourth-order valence-electron chi connectivity index (χ4n) is 2.19. The molecule has 0 saturated heterocycles. The highest BCUT2D eigenvalue weighted by Crippen LogP contribution is 2.17. The van der Waals surface area contributed by atoms with Crippen LogP contribution < -0.4 is 5.32 Å². The van der Waals surface area contributed by atoms with Crippen LogP contribution in [-0.2, 0) is 9.53 Å². The van der Waals surface area contributed by atoms with Crippen molar-refractivity contribution >= 4 is 28.7 Å². The number of carbonyl (C=O) groups is 2. The minimum absolute atomic E-state index is 0.194. The summed E-state index contributed by atoms with van der Waals surface area (Å²) in [5.74, 6) is -0.669. The number of H-pyrrole nitrogens is 1. The Kier molecular flexibility index (Phi) is 4.33. The topological polar surface area (TPSA) is 97.2 Å². The maximum absolute atomic E-state index is 12.0. The largest absolute Gasteiger partial charge is 0.451 e. The lowest BCUT2D eigenvalue weighted by Gasteiger charge is -2.02. The average Bonchev–Trinajstić information content (AvgIpc) is 3.19. The Morgan fingerprint density at radius 3 is 2.79 bits per heavy atom. The molecule has 0 radical (unpaired) electrons. The Morgan fingerprint density at radius 1 is 1.29 bits per heavy atom. The molecule has 3 rings (SSSR count). The van der Waals surface area contributed by atoms with Crippen molar-refractivity contribution in [2.45, 2.75) is 19.8 Å². The normalized spacial score (nSPS) is 11.0. The molecule has 2 N–H and O–H groups in total. The number of nitrogens with zero attached hydrogens (tertiary/aromatic N) is 1. The van der Waals surface area contributed by atoms with Crippen LogP contribution in [0.3, 0.4) is 0 Å². The highest BCUT2D eigenvalue weighted by atomic mass is 16.5. The molecular weight excluding hydrogens is 310 g/mol. The molecule has 0 bridgehead atoms. The van der Waals surface area contributed by atoms with Gasteiger partial charge < -0.3 is 14.2 Å². The quantitative estimate of drug-likeness (QED) is 0.702. The summed E-state index contributed by atoms with van der Waals surface area (Å²) in [5.41, 5.74) is 1.86. The van der Waals surface area contributed by atoms with E-state index in [1.165, 1.54) is 0 Å². The van der Waals surface area contributed by atoms with Crippen LogP contribution in [0.15, 0.2) is 40.9 Å². The molecule has 0 fully saturated rings. The molecule has 2 heterocycles. The van der Waals surface area contributed by atoms with E-state index >= 15 is 0 Å². The zero-order chi connectivity index (χ0) is 17.1. The van der Waals surface area contributed by atoms with Gasteiger partial charge in [-0.05, 0) is 18.1 Å². The molecule has 7 nitrogen and oxygen atoms in total. The lowest BCUT2D eigenvalue weighted by molar-refractivity contribution is -0.119. The van der Waals surface area contributed by atoms with Gasteiger partial charge in [-0.25, -0.2) is 4.79 Å². The second-order valence-electron chi connectivity index (χ2n) is 5.67. The summed E-state index contributed by atoms with van der Waals surface area (Å²) in [5, 5.41) is 7.23. The van der Waals surface area contributed by atoms with Gasteiger partial charge >= 0.3 is 5.97 Å². The highest BCUT2D eigenvalue weighted by Gasteiger charge is 2.15. The number of hydrogen-bond donors (Lipinski definition) is 2. The van der Waals surface area contributed by atoms with Crippen molar-refractivity contribution in [3.63, 3.8) is 0 Å². The molecule has 1 amide bonds. The van der Waals surface area contributed by atoms with Crippen LogP contribution in [0.5, 0.6) is 0 Å². The maximum atomic E-state index is 12.0. The number of ether oxygens (including phenoxy) is 1. The molecule has 0 aliphatic heterocycles. The third-order valence-corrected chi connectivity index (χ3v) is 3.47. The van der Waals surface area contributed by atoms with E-state index in [0.29, 0.717) is 5.69 Å². The predicted octanol–water partition coefficient (Wildman–Crippen LogP) is 3.07. The van der Waals surface area contributed by atoms with Crippen molar-refractivity contribution < 1.29 is 18.8 Å². The van der Waals surface area contributed by atoms with Crippen LogP contribution in [0.2, 0.25) is 0 Å². The van der Waals surface area contributed by atoms with Gasteiger partial charge in [0.25, 0.3) is 5.91 Å². The molecule has 24 heavy (non-hydrogen) atoms. The standard InChI is InChI=1S/C17H17N3O4/c1-10(2)13-8-16(24-20-13)19-15(21)9-23-17(22)14-7-11-5-3-4-6-12(11)18-14/h3-8,10,18H,9H2,1-2H3,(H,19,21). The first-order valence-electron chi connectivity index (χ1n) is 7.54. The molecule has 1 aromatic carbocycles. The number of esters is 1. The molecule has 0 unspecified atom stereocenters. The minimum Gasteiger partial charge on any atom is -0.451 e. The smallest absolute Gasteiger partial charge is 0.355 e. The van der Waals surface area contributed by atoms with E-state index in [1.807, 2.05) is 38.1 Å². The molecule has 0 aliphatic rings. The number of nitrogens with one attached hydrogen (secondary N) is 2. The van der Waals surface area contributed by atoms with Crippen LogP contribution in [0.25, 0.3) is 10.9 Å². The van der Waals surface area contributed by atoms with E-state index in [1.54, 1.807) is 12.1 Å². The molecule has 0 spiro atoms. The molecule has 3 aromatic rings.